The second-order valence-electron chi connectivity index (χ2n) is 6.50. The molecule has 1 aromatic carbocycles. The molecule has 2 aromatic rings. The van der Waals surface area contributed by atoms with E-state index in [9.17, 15) is 0 Å². The molecular formula is C18H23ClN6OS2. The Labute approximate surface area is 179 Å². The predicted octanol–water partition coefficient (Wildman–Crippen LogP) is 4.25. The van der Waals surface area contributed by atoms with Gasteiger partial charge in [0.1, 0.15) is 15.9 Å². The van der Waals surface area contributed by atoms with Crippen molar-refractivity contribution in [2.75, 3.05) is 24.7 Å². The molecule has 1 atom stereocenters. The maximum absolute atomic E-state index is 6.08. The summed E-state index contributed by atoms with van der Waals surface area (Å²) in [5.41, 5.74) is 6.52. The van der Waals surface area contributed by atoms with Crippen LogP contribution in [0.5, 0.6) is 5.75 Å². The number of methoxy groups -OCH3 is 1. The first kappa shape index (κ1) is 20.9. The van der Waals surface area contributed by atoms with Crippen molar-refractivity contribution in [3.63, 3.8) is 0 Å². The minimum Gasteiger partial charge on any atom is -0.495 e. The van der Waals surface area contributed by atoms with E-state index in [1.54, 1.807) is 37.1 Å². The Kier molecular flexibility index (Phi) is 7.14. The van der Waals surface area contributed by atoms with Crippen LogP contribution in [-0.2, 0) is 5.75 Å². The molecule has 1 fully saturated rings. The molecule has 0 spiro atoms. The van der Waals surface area contributed by atoms with Gasteiger partial charge in [0.2, 0.25) is 11.9 Å². The molecular weight excluding hydrogens is 416 g/mol. The number of hydrogen-bond donors (Lipinski definition) is 2. The largest absolute Gasteiger partial charge is 0.495 e. The van der Waals surface area contributed by atoms with Crippen molar-refractivity contribution >= 4 is 57.5 Å². The van der Waals surface area contributed by atoms with Gasteiger partial charge in [-0.25, -0.2) is 0 Å². The van der Waals surface area contributed by atoms with Gasteiger partial charge in [-0.05, 0) is 44.4 Å². The van der Waals surface area contributed by atoms with Crippen LogP contribution < -0.4 is 15.8 Å². The summed E-state index contributed by atoms with van der Waals surface area (Å²) < 4.78 is 6.21. The number of rotatable bonds is 5. The monoisotopic (exact) mass is 438 g/mol. The second kappa shape index (κ2) is 9.58. The molecule has 10 heteroatoms. The van der Waals surface area contributed by atoms with E-state index in [0.717, 1.165) is 10.9 Å². The Morgan fingerprint density at radius 3 is 2.96 bits per heavy atom. The molecule has 1 aromatic heterocycles. The van der Waals surface area contributed by atoms with E-state index >= 15 is 0 Å². The van der Waals surface area contributed by atoms with Gasteiger partial charge >= 0.3 is 0 Å². The molecule has 0 bridgehead atoms. The summed E-state index contributed by atoms with van der Waals surface area (Å²) in [4.78, 5) is 15.1. The van der Waals surface area contributed by atoms with E-state index in [4.69, 9.17) is 34.3 Å². The number of thioether (sulfide) groups is 1. The number of benzene rings is 1. The van der Waals surface area contributed by atoms with Crippen LogP contribution in [0, 0.1) is 0 Å². The van der Waals surface area contributed by atoms with E-state index < -0.39 is 0 Å². The van der Waals surface area contributed by atoms with Crippen LogP contribution in [0.2, 0.25) is 5.02 Å². The number of ether oxygens (including phenoxy) is 1. The first-order valence-electron chi connectivity index (χ1n) is 9.00. The molecule has 7 nitrogen and oxygen atoms in total. The van der Waals surface area contributed by atoms with Gasteiger partial charge in [-0.1, -0.05) is 35.6 Å². The van der Waals surface area contributed by atoms with Crippen molar-refractivity contribution in [3.8, 4) is 5.75 Å². The van der Waals surface area contributed by atoms with E-state index in [0.29, 0.717) is 40.0 Å². The van der Waals surface area contributed by atoms with Gasteiger partial charge < -0.3 is 20.7 Å². The van der Waals surface area contributed by atoms with E-state index in [-0.39, 0.29) is 5.95 Å². The minimum atomic E-state index is 0.145. The van der Waals surface area contributed by atoms with Gasteiger partial charge in [0, 0.05) is 17.6 Å². The van der Waals surface area contributed by atoms with Crippen LogP contribution in [0.15, 0.2) is 18.2 Å². The first-order chi connectivity index (χ1) is 13.5. The van der Waals surface area contributed by atoms with Crippen molar-refractivity contribution in [2.24, 2.45) is 0 Å². The van der Waals surface area contributed by atoms with Gasteiger partial charge in [0.05, 0.1) is 18.6 Å². The fraction of sp³-hybridized carbons (Fsp3) is 0.444. The van der Waals surface area contributed by atoms with Crippen LogP contribution in [0.4, 0.5) is 17.6 Å². The van der Waals surface area contributed by atoms with Gasteiger partial charge in [0.15, 0.2) is 0 Å². The number of aromatic nitrogens is 3. The third kappa shape index (κ3) is 5.36. The number of anilines is 3. The molecule has 2 heterocycles. The summed E-state index contributed by atoms with van der Waals surface area (Å²) in [6, 6.07) is 5.73. The third-order valence-electron chi connectivity index (χ3n) is 4.47. The van der Waals surface area contributed by atoms with Crippen LogP contribution in [0.25, 0.3) is 0 Å². The number of nitrogens with zero attached hydrogens (tertiary/aromatic N) is 4. The smallest absolute Gasteiger partial charge is 0.232 e. The van der Waals surface area contributed by atoms with Gasteiger partial charge in [-0.2, -0.15) is 15.0 Å². The lowest BCUT2D eigenvalue weighted by Crippen LogP contribution is -2.39. The molecule has 3 rings (SSSR count). The van der Waals surface area contributed by atoms with Crippen molar-refractivity contribution in [2.45, 2.75) is 38.0 Å². The molecule has 1 saturated heterocycles. The Morgan fingerprint density at radius 1 is 1.39 bits per heavy atom. The summed E-state index contributed by atoms with van der Waals surface area (Å²) in [5.74, 6) is 2.19. The van der Waals surface area contributed by atoms with Crippen LogP contribution >= 0.6 is 35.6 Å². The van der Waals surface area contributed by atoms with E-state index in [2.05, 4.69) is 32.1 Å². The number of nitrogens with two attached hydrogens (primary N) is 1. The number of nitrogen functional groups attached to an aromatic ring is 1. The molecule has 150 valence electrons. The topological polar surface area (TPSA) is 89.2 Å². The zero-order chi connectivity index (χ0) is 20.1. The lowest BCUT2D eigenvalue weighted by atomic mass is 10.1. The normalized spacial score (nSPS) is 16.7. The SMILES string of the molecule is COc1ccc(Cl)cc1Nc1nc(N)nc(CSC(=S)N2CCCC[C@@H]2C)n1. The fourth-order valence-corrected chi connectivity index (χ4v) is 4.47. The zero-order valence-electron chi connectivity index (χ0n) is 15.8. The highest BCUT2D eigenvalue weighted by molar-refractivity contribution is 8.22. The van der Waals surface area contributed by atoms with Crippen LogP contribution in [0.1, 0.15) is 32.0 Å². The van der Waals surface area contributed by atoms with Crippen molar-refractivity contribution in [1.29, 1.82) is 0 Å². The van der Waals surface area contributed by atoms with Crippen LogP contribution in [-0.4, -0.2) is 43.9 Å². The average molecular weight is 439 g/mol. The number of halogens is 1. The lowest BCUT2D eigenvalue weighted by molar-refractivity contribution is 0.267. The quantitative estimate of drug-likeness (QED) is 0.664. The number of hydrogen-bond acceptors (Lipinski definition) is 8. The van der Waals surface area contributed by atoms with Crippen molar-refractivity contribution in [1.82, 2.24) is 19.9 Å². The van der Waals surface area contributed by atoms with Gasteiger partial charge in [0.25, 0.3) is 0 Å². The third-order valence-corrected chi connectivity index (χ3v) is 6.18. The Balaban J connectivity index is 1.70. The number of likely N-dealkylation sites (tertiary alicyclic amines) is 1. The fourth-order valence-electron chi connectivity index (χ4n) is 3.04. The molecule has 0 aliphatic carbocycles. The Hall–Kier alpha value is -1.84. The maximum atomic E-state index is 6.08. The van der Waals surface area contributed by atoms with Gasteiger partial charge in [-0.3, -0.25) is 0 Å². The van der Waals surface area contributed by atoms with Gasteiger partial charge in [-0.15, -0.1) is 0 Å². The average Bonchev–Trinajstić information content (AvgIpc) is 2.66. The van der Waals surface area contributed by atoms with E-state index in [1.165, 1.54) is 19.3 Å². The highest BCUT2D eigenvalue weighted by atomic mass is 35.5. The highest BCUT2D eigenvalue weighted by Gasteiger charge is 2.21. The molecule has 0 amide bonds. The van der Waals surface area contributed by atoms with E-state index in [1.807, 2.05) is 0 Å². The first-order valence-corrected chi connectivity index (χ1v) is 10.8. The molecule has 0 radical (unpaired) electrons. The number of nitrogens with one attached hydrogen (secondary N) is 1. The van der Waals surface area contributed by atoms with Crippen molar-refractivity contribution < 1.29 is 4.74 Å². The molecule has 3 N–H and O–H groups in total. The minimum absolute atomic E-state index is 0.145. The maximum Gasteiger partial charge on any atom is 0.232 e. The Bertz CT molecular complexity index is 853. The van der Waals surface area contributed by atoms with Crippen LogP contribution in [0.3, 0.4) is 0 Å². The summed E-state index contributed by atoms with van der Waals surface area (Å²) in [7, 11) is 1.58. The molecule has 1 aliphatic heterocycles. The zero-order valence-corrected chi connectivity index (χ0v) is 18.2. The number of thiocarbonyl (C=S) groups is 1. The molecule has 0 unspecified atom stereocenters. The Morgan fingerprint density at radius 2 is 2.21 bits per heavy atom. The number of piperidine rings is 1. The summed E-state index contributed by atoms with van der Waals surface area (Å²) in [6.45, 7) is 3.22. The second-order valence-corrected chi connectivity index (χ2v) is 8.54. The molecule has 1 aliphatic rings. The molecule has 0 saturated carbocycles. The lowest BCUT2D eigenvalue weighted by Gasteiger charge is -2.35. The standard InChI is InChI=1S/C18H23ClN6OS2/c1-11-5-3-4-8-25(11)18(27)28-10-15-22-16(20)24-17(23-15)21-13-9-12(19)6-7-14(13)26-2/h6-7,9,11H,3-5,8,10H2,1-2H3,(H3,20,21,22,23,24)/t11-/m0/s1. The van der Waals surface area contributed by atoms with Crippen molar-refractivity contribution in [3.05, 3.63) is 29.0 Å². The summed E-state index contributed by atoms with van der Waals surface area (Å²) in [6.07, 6.45) is 3.62. The molecule has 28 heavy (non-hydrogen) atoms. The summed E-state index contributed by atoms with van der Waals surface area (Å²) in [5, 5.41) is 3.67. The predicted molar refractivity (Wildman–Crippen MR) is 119 cm³/mol. The highest BCUT2D eigenvalue weighted by Crippen LogP contribution is 2.30. The summed E-state index contributed by atoms with van der Waals surface area (Å²) >= 11 is 13.2.